The zero-order chi connectivity index (χ0) is 17.2. The molecule has 0 saturated carbocycles. The molecule has 6 heteroatoms. The molecule has 130 valence electrons. The van der Waals surface area contributed by atoms with Crippen molar-refractivity contribution >= 4 is 22.5 Å². The van der Waals surface area contributed by atoms with Crippen LogP contribution >= 0.6 is 0 Å². The number of amides is 1. The average Bonchev–Trinajstić information content (AvgIpc) is 3.32. The predicted octanol–water partition coefficient (Wildman–Crippen LogP) is 2.74. The van der Waals surface area contributed by atoms with Gasteiger partial charge in [0.1, 0.15) is 0 Å². The fourth-order valence-corrected chi connectivity index (χ4v) is 3.47. The predicted molar refractivity (Wildman–Crippen MR) is 96.5 cm³/mol. The van der Waals surface area contributed by atoms with Gasteiger partial charge in [-0.2, -0.15) is 5.10 Å². The van der Waals surface area contributed by atoms with Crippen molar-refractivity contribution in [3.8, 4) is 0 Å². The average molecular weight is 338 g/mol. The summed E-state index contributed by atoms with van der Waals surface area (Å²) >= 11 is 0. The molecule has 1 saturated heterocycles. The van der Waals surface area contributed by atoms with Crippen molar-refractivity contribution in [2.45, 2.75) is 31.9 Å². The van der Waals surface area contributed by atoms with Crippen molar-refractivity contribution in [2.24, 2.45) is 7.05 Å². The smallest absolute Gasteiger partial charge is 0.228 e. The lowest BCUT2D eigenvalue weighted by Crippen LogP contribution is -2.15. The number of benzene rings is 1. The van der Waals surface area contributed by atoms with Gasteiger partial charge in [0.15, 0.2) is 0 Å². The summed E-state index contributed by atoms with van der Waals surface area (Å²) in [6.07, 6.45) is 8.34. The first-order valence-corrected chi connectivity index (χ1v) is 8.66. The molecule has 1 aromatic carbocycles. The number of aromatic nitrogens is 3. The Hall–Kier alpha value is -2.60. The molecule has 2 aromatic heterocycles. The Morgan fingerprint density at radius 3 is 3.08 bits per heavy atom. The third-order valence-electron chi connectivity index (χ3n) is 4.66. The van der Waals surface area contributed by atoms with Gasteiger partial charge in [0, 0.05) is 37.0 Å². The first-order valence-electron chi connectivity index (χ1n) is 8.66. The number of rotatable bonds is 5. The minimum absolute atomic E-state index is 0.0342. The van der Waals surface area contributed by atoms with E-state index in [1.165, 1.54) is 0 Å². The monoisotopic (exact) mass is 338 g/mol. The van der Waals surface area contributed by atoms with Gasteiger partial charge in [-0.25, -0.2) is 0 Å². The molecule has 3 aromatic rings. The summed E-state index contributed by atoms with van der Waals surface area (Å²) in [7, 11) is 2.00. The van der Waals surface area contributed by atoms with Gasteiger partial charge in [0.2, 0.25) is 5.91 Å². The Morgan fingerprint density at radius 1 is 1.36 bits per heavy atom. The van der Waals surface area contributed by atoms with Crippen LogP contribution in [-0.4, -0.2) is 33.0 Å². The van der Waals surface area contributed by atoms with E-state index in [0.29, 0.717) is 6.42 Å². The van der Waals surface area contributed by atoms with Gasteiger partial charge in [-0.05, 0) is 24.5 Å². The number of carbonyl (C=O) groups is 1. The highest BCUT2D eigenvalue weighted by Gasteiger charge is 2.17. The van der Waals surface area contributed by atoms with Crippen LogP contribution in [0.3, 0.4) is 0 Å². The highest BCUT2D eigenvalue weighted by atomic mass is 16.5. The van der Waals surface area contributed by atoms with Crippen LogP contribution < -0.4 is 5.32 Å². The first-order chi connectivity index (χ1) is 12.2. The minimum Gasteiger partial charge on any atom is -0.376 e. The summed E-state index contributed by atoms with van der Waals surface area (Å²) in [5.41, 5.74) is 2.89. The Balaban J connectivity index is 1.41. The number of hydrogen-bond acceptors (Lipinski definition) is 3. The number of aryl methyl sites for hydroxylation is 1. The highest BCUT2D eigenvalue weighted by Crippen LogP contribution is 2.21. The quantitative estimate of drug-likeness (QED) is 0.778. The summed E-state index contributed by atoms with van der Waals surface area (Å²) < 4.78 is 9.51. The topological polar surface area (TPSA) is 61.1 Å². The molecule has 6 nitrogen and oxygen atoms in total. The molecule has 1 fully saturated rings. The zero-order valence-electron chi connectivity index (χ0n) is 14.3. The van der Waals surface area contributed by atoms with Gasteiger partial charge in [-0.15, -0.1) is 0 Å². The van der Waals surface area contributed by atoms with E-state index in [-0.39, 0.29) is 12.0 Å². The first kappa shape index (κ1) is 15.9. The van der Waals surface area contributed by atoms with Gasteiger partial charge in [-0.1, -0.05) is 18.2 Å². The SMILES string of the molecule is Cn1cc(CC(=O)Nc2cnn(C[C@H]3CCCO3)c2)c2ccccc21. The van der Waals surface area contributed by atoms with Crippen molar-refractivity contribution in [1.29, 1.82) is 0 Å². The van der Waals surface area contributed by atoms with Gasteiger partial charge in [-0.3, -0.25) is 9.48 Å². The molecule has 1 atom stereocenters. The van der Waals surface area contributed by atoms with Crippen LogP contribution in [0.5, 0.6) is 0 Å². The molecule has 0 bridgehead atoms. The number of nitrogens with zero attached hydrogens (tertiary/aromatic N) is 3. The molecule has 0 spiro atoms. The number of hydrogen-bond donors (Lipinski definition) is 1. The summed E-state index contributed by atoms with van der Waals surface area (Å²) in [6, 6.07) is 8.12. The molecule has 25 heavy (non-hydrogen) atoms. The second-order valence-corrected chi connectivity index (χ2v) is 6.59. The lowest BCUT2D eigenvalue weighted by Gasteiger charge is -2.08. The second-order valence-electron chi connectivity index (χ2n) is 6.59. The lowest BCUT2D eigenvalue weighted by atomic mass is 10.1. The molecule has 4 rings (SSSR count). The number of carbonyl (C=O) groups excluding carboxylic acids is 1. The fourth-order valence-electron chi connectivity index (χ4n) is 3.47. The van der Waals surface area contributed by atoms with E-state index in [0.717, 1.165) is 48.1 Å². The van der Waals surface area contributed by atoms with Crippen molar-refractivity contribution < 1.29 is 9.53 Å². The van der Waals surface area contributed by atoms with E-state index < -0.39 is 0 Å². The molecule has 1 aliphatic rings. The second kappa shape index (κ2) is 6.72. The van der Waals surface area contributed by atoms with Crippen molar-refractivity contribution in [2.75, 3.05) is 11.9 Å². The summed E-state index contributed by atoms with van der Waals surface area (Å²) in [5, 5.41) is 8.37. The number of anilines is 1. The van der Waals surface area contributed by atoms with Crippen LogP contribution in [0.15, 0.2) is 42.9 Å². The summed E-state index contributed by atoms with van der Waals surface area (Å²) in [6.45, 7) is 1.57. The van der Waals surface area contributed by atoms with Crippen molar-refractivity contribution in [3.05, 3.63) is 48.4 Å². The highest BCUT2D eigenvalue weighted by molar-refractivity contribution is 5.95. The Bertz CT molecular complexity index is 890. The molecular weight excluding hydrogens is 316 g/mol. The molecule has 1 N–H and O–H groups in total. The maximum atomic E-state index is 12.4. The third-order valence-corrected chi connectivity index (χ3v) is 4.66. The lowest BCUT2D eigenvalue weighted by molar-refractivity contribution is -0.115. The maximum absolute atomic E-state index is 12.4. The number of nitrogens with one attached hydrogen (secondary N) is 1. The van der Waals surface area contributed by atoms with E-state index in [1.807, 2.05) is 36.3 Å². The van der Waals surface area contributed by atoms with Crippen LogP contribution in [0.4, 0.5) is 5.69 Å². The maximum Gasteiger partial charge on any atom is 0.228 e. The Labute approximate surface area is 146 Å². The third kappa shape index (κ3) is 3.44. The molecule has 0 unspecified atom stereocenters. The molecular formula is C19H22N4O2. The number of ether oxygens (including phenoxy) is 1. The normalized spacial score (nSPS) is 17.2. The Morgan fingerprint density at radius 2 is 2.24 bits per heavy atom. The van der Waals surface area contributed by atoms with E-state index in [2.05, 4.69) is 27.1 Å². The van der Waals surface area contributed by atoms with E-state index in [1.54, 1.807) is 6.20 Å². The van der Waals surface area contributed by atoms with Gasteiger partial charge in [0.25, 0.3) is 0 Å². The number of fused-ring (bicyclic) bond motifs is 1. The zero-order valence-corrected chi connectivity index (χ0v) is 14.3. The van der Waals surface area contributed by atoms with Crippen LogP contribution in [0.1, 0.15) is 18.4 Å². The van der Waals surface area contributed by atoms with Crippen LogP contribution in [0.25, 0.3) is 10.9 Å². The van der Waals surface area contributed by atoms with Crippen LogP contribution in [0.2, 0.25) is 0 Å². The van der Waals surface area contributed by atoms with E-state index >= 15 is 0 Å². The molecule has 0 radical (unpaired) electrons. The fraction of sp³-hybridized carbons (Fsp3) is 0.368. The molecule has 1 amide bonds. The standard InChI is InChI=1S/C19H22N4O2/c1-22-11-14(17-6-2-3-7-18(17)22)9-19(24)21-15-10-20-23(12-15)13-16-5-4-8-25-16/h2-3,6-7,10-12,16H,4-5,8-9,13H2,1H3,(H,21,24)/t16-/m1/s1. The minimum atomic E-state index is -0.0342. The molecule has 3 heterocycles. The van der Waals surface area contributed by atoms with Crippen LogP contribution in [-0.2, 0) is 29.5 Å². The van der Waals surface area contributed by atoms with Gasteiger partial charge >= 0.3 is 0 Å². The van der Waals surface area contributed by atoms with E-state index in [9.17, 15) is 4.79 Å². The van der Waals surface area contributed by atoms with Crippen molar-refractivity contribution in [1.82, 2.24) is 14.3 Å². The van der Waals surface area contributed by atoms with Crippen LogP contribution in [0, 0.1) is 0 Å². The Kier molecular flexibility index (Phi) is 4.28. The van der Waals surface area contributed by atoms with Crippen molar-refractivity contribution in [3.63, 3.8) is 0 Å². The largest absolute Gasteiger partial charge is 0.376 e. The summed E-state index contributed by atoms with van der Waals surface area (Å²) in [5.74, 6) is -0.0342. The number of para-hydroxylation sites is 1. The molecule has 0 aliphatic carbocycles. The molecule has 1 aliphatic heterocycles. The van der Waals surface area contributed by atoms with Gasteiger partial charge in [0.05, 0.1) is 31.0 Å². The van der Waals surface area contributed by atoms with Gasteiger partial charge < -0.3 is 14.6 Å². The van der Waals surface area contributed by atoms with E-state index in [4.69, 9.17) is 4.74 Å². The summed E-state index contributed by atoms with van der Waals surface area (Å²) in [4.78, 5) is 12.4.